The Morgan fingerprint density at radius 1 is 1.00 bits per heavy atom. The van der Waals surface area contributed by atoms with Crippen LogP contribution in [0.2, 0.25) is 0 Å². The van der Waals surface area contributed by atoms with E-state index in [4.69, 9.17) is 0 Å². The number of nitriles is 1. The maximum atomic E-state index is 12.5. The molecular weight excluding hydrogens is 340 g/mol. The molecule has 2 aromatic carbocycles. The van der Waals surface area contributed by atoms with Gasteiger partial charge in [0.05, 0.1) is 0 Å². The average molecular weight is 358 g/mol. The van der Waals surface area contributed by atoms with Crippen molar-refractivity contribution in [1.29, 1.82) is 5.26 Å². The maximum Gasteiger partial charge on any atom is 0.266 e. The van der Waals surface area contributed by atoms with Gasteiger partial charge in [-0.2, -0.15) is 5.26 Å². The van der Waals surface area contributed by atoms with Gasteiger partial charge in [-0.15, -0.1) is 11.3 Å². The van der Waals surface area contributed by atoms with E-state index in [1.807, 2.05) is 80.6 Å². The van der Waals surface area contributed by atoms with Crippen LogP contribution in [-0.2, 0) is 4.79 Å². The summed E-state index contributed by atoms with van der Waals surface area (Å²) in [4.78, 5) is 14.5. The highest BCUT2D eigenvalue weighted by molar-refractivity contribution is 7.16. The first kappa shape index (κ1) is 17.7. The molecule has 4 heteroatoms. The smallest absolute Gasteiger partial charge is 0.266 e. The molecule has 1 aromatic heterocycles. The number of thiophene rings is 1. The van der Waals surface area contributed by atoms with Crippen molar-refractivity contribution in [1.82, 2.24) is 0 Å². The summed E-state index contributed by atoms with van der Waals surface area (Å²) in [5.74, 6) is -0.389. The SMILES string of the molecule is Cc1cccc(C)c1NC(=O)/C(C#N)=C/c1ccc(-c2ccccc2)s1. The number of aryl methyl sites for hydroxylation is 2. The van der Waals surface area contributed by atoms with Crippen LogP contribution in [0, 0.1) is 25.2 Å². The molecule has 0 saturated heterocycles. The van der Waals surface area contributed by atoms with E-state index in [9.17, 15) is 10.1 Å². The number of hydrogen-bond acceptors (Lipinski definition) is 3. The van der Waals surface area contributed by atoms with Crippen molar-refractivity contribution in [2.45, 2.75) is 13.8 Å². The second kappa shape index (κ2) is 7.81. The highest BCUT2D eigenvalue weighted by Crippen LogP contribution is 2.29. The van der Waals surface area contributed by atoms with Crippen LogP contribution in [0.25, 0.3) is 16.5 Å². The summed E-state index contributed by atoms with van der Waals surface area (Å²) in [5.41, 5.74) is 3.91. The number of nitrogens with zero attached hydrogens (tertiary/aromatic N) is 1. The zero-order valence-electron chi connectivity index (χ0n) is 14.6. The number of rotatable bonds is 4. The molecule has 0 atom stereocenters. The molecule has 0 aliphatic rings. The maximum absolute atomic E-state index is 12.5. The molecule has 128 valence electrons. The van der Waals surface area contributed by atoms with E-state index in [1.54, 1.807) is 17.4 Å². The fourth-order valence-corrected chi connectivity index (χ4v) is 3.63. The van der Waals surface area contributed by atoms with Gasteiger partial charge < -0.3 is 5.32 Å². The van der Waals surface area contributed by atoms with Gasteiger partial charge in [0.25, 0.3) is 5.91 Å². The summed E-state index contributed by atoms with van der Waals surface area (Å²) in [7, 11) is 0. The lowest BCUT2D eigenvalue weighted by Gasteiger charge is -2.10. The lowest BCUT2D eigenvalue weighted by molar-refractivity contribution is -0.112. The van der Waals surface area contributed by atoms with Crippen LogP contribution in [0.4, 0.5) is 5.69 Å². The summed E-state index contributed by atoms with van der Waals surface area (Å²) < 4.78 is 0. The van der Waals surface area contributed by atoms with Gasteiger partial charge in [-0.1, -0.05) is 48.5 Å². The molecule has 1 N–H and O–H groups in total. The minimum atomic E-state index is -0.389. The molecule has 0 fully saturated rings. The van der Waals surface area contributed by atoms with Crippen molar-refractivity contribution in [3.05, 3.63) is 82.2 Å². The third-order valence-electron chi connectivity index (χ3n) is 4.06. The summed E-state index contributed by atoms with van der Waals surface area (Å²) in [6.45, 7) is 3.87. The Hall–Kier alpha value is -3.16. The van der Waals surface area contributed by atoms with Crippen molar-refractivity contribution in [3.8, 4) is 16.5 Å². The Morgan fingerprint density at radius 2 is 1.69 bits per heavy atom. The Balaban J connectivity index is 1.84. The van der Waals surface area contributed by atoms with Gasteiger partial charge in [-0.05, 0) is 48.7 Å². The van der Waals surface area contributed by atoms with Crippen LogP contribution in [0.1, 0.15) is 16.0 Å². The molecule has 0 unspecified atom stereocenters. The third kappa shape index (κ3) is 3.90. The summed E-state index contributed by atoms with van der Waals surface area (Å²) in [6, 6.07) is 21.8. The first-order chi connectivity index (χ1) is 12.6. The summed E-state index contributed by atoms with van der Waals surface area (Å²) >= 11 is 1.55. The van der Waals surface area contributed by atoms with Crippen molar-refractivity contribution < 1.29 is 4.79 Å². The van der Waals surface area contributed by atoms with Gasteiger partial charge >= 0.3 is 0 Å². The minimum Gasteiger partial charge on any atom is -0.321 e. The predicted octanol–water partition coefficient (Wildman–Crippen LogP) is 5.58. The number of nitrogens with one attached hydrogen (secondary N) is 1. The van der Waals surface area contributed by atoms with E-state index < -0.39 is 0 Å². The monoisotopic (exact) mass is 358 g/mol. The van der Waals surface area contributed by atoms with Gasteiger partial charge in [0.1, 0.15) is 11.6 Å². The Bertz CT molecular complexity index is 990. The van der Waals surface area contributed by atoms with Crippen LogP contribution in [0.5, 0.6) is 0 Å². The van der Waals surface area contributed by atoms with Crippen LogP contribution in [-0.4, -0.2) is 5.91 Å². The van der Waals surface area contributed by atoms with E-state index >= 15 is 0 Å². The normalized spacial score (nSPS) is 11.0. The fourth-order valence-electron chi connectivity index (χ4n) is 2.67. The lowest BCUT2D eigenvalue weighted by atomic mass is 10.1. The number of carbonyl (C=O) groups excluding carboxylic acids is 1. The minimum absolute atomic E-state index is 0.0918. The zero-order valence-corrected chi connectivity index (χ0v) is 15.4. The highest BCUT2D eigenvalue weighted by Gasteiger charge is 2.13. The Labute approximate surface area is 157 Å². The summed E-state index contributed by atoms with van der Waals surface area (Å²) in [6.07, 6.45) is 1.64. The molecule has 3 aromatic rings. The van der Waals surface area contributed by atoms with Gasteiger partial charge in [-0.25, -0.2) is 0 Å². The molecule has 3 nitrogen and oxygen atoms in total. The highest BCUT2D eigenvalue weighted by atomic mass is 32.1. The quantitative estimate of drug-likeness (QED) is 0.489. The van der Waals surface area contributed by atoms with E-state index in [0.717, 1.165) is 32.1 Å². The van der Waals surface area contributed by atoms with Crippen molar-refractivity contribution in [3.63, 3.8) is 0 Å². The van der Waals surface area contributed by atoms with Gasteiger partial charge in [-0.3, -0.25) is 4.79 Å². The standard InChI is InChI=1S/C22H18N2OS/c1-15-7-6-8-16(2)21(15)24-22(25)18(14-23)13-19-11-12-20(26-19)17-9-4-3-5-10-17/h3-13H,1-2H3,(H,24,25)/b18-13+. The molecule has 0 aliphatic carbocycles. The van der Waals surface area contributed by atoms with E-state index in [0.29, 0.717) is 0 Å². The molecule has 1 heterocycles. The first-order valence-corrected chi connectivity index (χ1v) is 9.05. The molecule has 26 heavy (non-hydrogen) atoms. The molecule has 0 aliphatic heterocycles. The fraction of sp³-hybridized carbons (Fsp3) is 0.0909. The van der Waals surface area contributed by atoms with Crippen LogP contribution >= 0.6 is 11.3 Å². The lowest BCUT2D eigenvalue weighted by Crippen LogP contribution is -2.15. The molecule has 0 radical (unpaired) electrons. The third-order valence-corrected chi connectivity index (χ3v) is 5.14. The number of hydrogen-bond donors (Lipinski definition) is 1. The van der Waals surface area contributed by atoms with Crippen LogP contribution in [0.3, 0.4) is 0 Å². The van der Waals surface area contributed by atoms with E-state index in [1.165, 1.54) is 0 Å². The molecule has 0 spiro atoms. The van der Waals surface area contributed by atoms with E-state index in [-0.39, 0.29) is 11.5 Å². The van der Waals surface area contributed by atoms with Gasteiger partial charge in [0.2, 0.25) is 0 Å². The van der Waals surface area contributed by atoms with Crippen molar-refractivity contribution in [2.75, 3.05) is 5.32 Å². The number of carbonyl (C=O) groups is 1. The number of anilines is 1. The van der Waals surface area contributed by atoms with E-state index in [2.05, 4.69) is 5.32 Å². The first-order valence-electron chi connectivity index (χ1n) is 8.23. The molecule has 0 saturated carbocycles. The largest absolute Gasteiger partial charge is 0.321 e. The number of para-hydroxylation sites is 1. The van der Waals surface area contributed by atoms with Crippen LogP contribution < -0.4 is 5.32 Å². The van der Waals surface area contributed by atoms with Gasteiger partial charge in [0.15, 0.2) is 0 Å². The number of benzene rings is 2. The zero-order chi connectivity index (χ0) is 18.5. The number of amides is 1. The Kier molecular flexibility index (Phi) is 5.31. The molecule has 3 rings (SSSR count). The van der Waals surface area contributed by atoms with Crippen molar-refractivity contribution >= 4 is 29.0 Å². The Morgan fingerprint density at radius 3 is 2.35 bits per heavy atom. The molecule has 1 amide bonds. The molecular formula is C22H18N2OS. The second-order valence-corrected chi connectivity index (χ2v) is 7.07. The summed E-state index contributed by atoms with van der Waals surface area (Å²) in [5, 5.41) is 12.3. The second-order valence-electron chi connectivity index (χ2n) is 5.96. The molecule has 0 bridgehead atoms. The topological polar surface area (TPSA) is 52.9 Å². The van der Waals surface area contributed by atoms with Crippen molar-refractivity contribution in [2.24, 2.45) is 0 Å². The predicted molar refractivity (Wildman–Crippen MR) is 108 cm³/mol. The van der Waals surface area contributed by atoms with Gasteiger partial charge in [0, 0.05) is 15.4 Å². The van der Waals surface area contributed by atoms with Crippen LogP contribution in [0.15, 0.2) is 66.2 Å². The average Bonchev–Trinajstić information content (AvgIpc) is 3.12.